The van der Waals surface area contributed by atoms with Crippen LogP contribution < -0.4 is 16.4 Å². The molecule has 1 aliphatic heterocycles. The Hall–Kier alpha value is -3.95. The zero-order valence-electron chi connectivity index (χ0n) is 15.8. The summed E-state index contributed by atoms with van der Waals surface area (Å²) >= 11 is 0. The molecule has 1 atom stereocenters. The van der Waals surface area contributed by atoms with Crippen LogP contribution in [-0.2, 0) is 16.9 Å². The number of amides is 3. The summed E-state index contributed by atoms with van der Waals surface area (Å²) in [7, 11) is 0. The van der Waals surface area contributed by atoms with Crippen molar-refractivity contribution in [1.29, 1.82) is 0 Å². The first-order valence-electron chi connectivity index (χ1n) is 8.88. The lowest BCUT2D eigenvalue weighted by Gasteiger charge is -2.18. The van der Waals surface area contributed by atoms with Gasteiger partial charge in [-0.05, 0) is 37.6 Å². The third-order valence-corrected chi connectivity index (χ3v) is 4.68. The molecule has 3 aromatic rings. The lowest BCUT2D eigenvalue weighted by Crippen LogP contribution is -2.40. The van der Waals surface area contributed by atoms with Gasteiger partial charge in [0.15, 0.2) is 11.4 Å². The van der Waals surface area contributed by atoms with Crippen molar-refractivity contribution in [2.75, 3.05) is 11.1 Å². The van der Waals surface area contributed by atoms with E-state index >= 15 is 0 Å². The number of nitrogens with one attached hydrogen (secondary N) is 2. The standard InChI is InChI=1S/C19H19N7O3/c1-11-6-3-4-7-12(11)21-17-23-14(22-16(20)24-17)10-26-15(27)19(2,25-18(26)28)13-8-5-9-29-13/h3-9H,10H2,1-2H3,(H,25,28)(H3,20,21,22,23,24)/t19-/m0/s1. The maximum atomic E-state index is 12.9. The largest absolute Gasteiger partial charge is 0.466 e. The summed E-state index contributed by atoms with van der Waals surface area (Å²) in [6, 6.07) is 10.3. The number of nitrogen functional groups attached to an aromatic ring is 1. The first kappa shape index (κ1) is 18.4. The van der Waals surface area contributed by atoms with Crippen molar-refractivity contribution >= 4 is 29.5 Å². The van der Waals surface area contributed by atoms with Crippen molar-refractivity contribution in [3.05, 3.63) is 59.8 Å². The molecule has 0 saturated carbocycles. The molecule has 4 rings (SSSR count). The average Bonchev–Trinajstić information content (AvgIpc) is 3.28. The Morgan fingerprint density at radius 3 is 2.69 bits per heavy atom. The molecule has 148 valence electrons. The minimum absolute atomic E-state index is 0.0214. The molecule has 29 heavy (non-hydrogen) atoms. The van der Waals surface area contributed by atoms with Gasteiger partial charge in [-0.1, -0.05) is 18.2 Å². The van der Waals surface area contributed by atoms with Crippen LogP contribution in [0.2, 0.25) is 0 Å². The molecule has 0 bridgehead atoms. The second-order valence-electron chi connectivity index (χ2n) is 6.80. The van der Waals surface area contributed by atoms with E-state index in [1.165, 1.54) is 6.26 Å². The third kappa shape index (κ3) is 3.35. The van der Waals surface area contributed by atoms with Gasteiger partial charge in [0, 0.05) is 5.69 Å². The van der Waals surface area contributed by atoms with E-state index in [0.717, 1.165) is 16.2 Å². The first-order valence-corrected chi connectivity index (χ1v) is 8.88. The van der Waals surface area contributed by atoms with Crippen molar-refractivity contribution in [3.8, 4) is 0 Å². The number of hydrogen-bond acceptors (Lipinski definition) is 8. The number of rotatable bonds is 5. The highest BCUT2D eigenvalue weighted by Gasteiger charge is 2.51. The molecule has 10 heteroatoms. The highest BCUT2D eigenvalue weighted by Crippen LogP contribution is 2.30. The fourth-order valence-electron chi connectivity index (χ4n) is 3.11. The summed E-state index contributed by atoms with van der Waals surface area (Å²) in [5, 5.41) is 5.73. The monoisotopic (exact) mass is 393 g/mol. The summed E-state index contributed by atoms with van der Waals surface area (Å²) in [5.41, 5.74) is 6.32. The number of furan rings is 1. The fourth-order valence-corrected chi connectivity index (χ4v) is 3.11. The number of aromatic nitrogens is 3. The van der Waals surface area contributed by atoms with Crippen LogP contribution in [0.5, 0.6) is 0 Å². The van der Waals surface area contributed by atoms with Gasteiger partial charge in [-0.3, -0.25) is 9.69 Å². The molecule has 1 fully saturated rings. The SMILES string of the molecule is Cc1ccccc1Nc1nc(N)nc(CN2C(=O)N[C@@](C)(c3ccco3)C2=O)n1. The van der Waals surface area contributed by atoms with E-state index in [2.05, 4.69) is 25.6 Å². The van der Waals surface area contributed by atoms with Crippen LogP contribution in [0.15, 0.2) is 47.1 Å². The van der Waals surface area contributed by atoms with Crippen LogP contribution in [-0.4, -0.2) is 31.8 Å². The molecule has 0 spiro atoms. The molecule has 1 aromatic carbocycles. The van der Waals surface area contributed by atoms with Crippen LogP contribution in [0, 0.1) is 6.92 Å². The van der Waals surface area contributed by atoms with Crippen LogP contribution in [0.3, 0.4) is 0 Å². The minimum Gasteiger partial charge on any atom is -0.466 e. The van der Waals surface area contributed by atoms with Gasteiger partial charge in [-0.2, -0.15) is 15.0 Å². The molecule has 2 aromatic heterocycles. The quantitative estimate of drug-likeness (QED) is 0.560. The first-order chi connectivity index (χ1) is 13.9. The number of para-hydroxylation sites is 1. The second-order valence-corrected chi connectivity index (χ2v) is 6.80. The van der Waals surface area contributed by atoms with Crippen molar-refractivity contribution in [2.24, 2.45) is 0 Å². The molecule has 0 unspecified atom stereocenters. The van der Waals surface area contributed by atoms with Gasteiger partial charge in [0.2, 0.25) is 11.9 Å². The fraction of sp³-hybridized carbons (Fsp3) is 0.211. The molecule has 1 aliphatic rings. The van der Waals surface area contributed by atoms with Gasteiger partial charge in [0.1, 0.15) is 5.76 Å². The zero-order valence-corrected chi connectivity index (χ0v) is 15.8. The molecule has 0 aliphatic carbocycles. The van der Waals surface area contributed by atoms with Gasteiger partial charge >= 0.3 is 6.03 Å². The molecule has 0 radical (unpaired) electrons. The van der Waals surface area contributed by atoms with Gasteiger partial charge < -0.3 is 20.8 Å². The lowest BCUT2D eigenvalue weighted by atomic mass is 9.99. The number of anilines is 3. The Balaban J connectivity index is 1.58. The highest BCUT2D eigenvalue weighted by atomic mass is 16.3. The average molecular weight is 393 g/mol. The Morgan fingerprint density at radius 2 is 1.97 bits per heavy atom. The van der Waals surface area contributed by atoms with Crippen LogP contribution in [0.25, 0.3) is 0 Å². The molecular formula is C19H19N7O3. The molecule has 3 amide bonds. The Labute approximate surface area is 166 Å². The van der Waals surface area contributed by atoms with E-state index in [1.807, 2.05) is 31.2 Å². The molecule has 3 heterocycles. The summed E-state index contributed by atoms with van der Waals surface area (Å²) in [4.78, 5) is 38.8. The van der Waals surface area contributed by atoms with E-state index < -0.39 is 17.5 Å². The summed E-state index contributed by atoms with van der Waals surface area (Å²) < 4.78 is 5.32. The van der Waals surface area contributed by atoms with E-state index in [-0.39, 0.29) is 24.3 Å². The number of nitrogens with zero attached hydrogens (tertiary/aromatic N) is 4. The van der Waals surface area contributed by atoms with Gasteiger partial charge in [0.25, 0.3) is 5.91 Å². The summed E-state index contributed by atoms with van der Waals surface area (Å²) in [6.45, 7) is 3.37. The number of carbonyl (C=O) groups excluding carboxylic acids is 2. The predicted octanol–water partition coefficient (Wildman–Crippen LogP) is 2.07. The van der Waals surface area contributed by atoms with E-state index in [4.69, 9.17) is 10.2 Å². The Kier molecular flexibility index (Phi) is 4.38. The third-order valence-electron chi connectivity index (χ3n) is 4.68. The van der Waals surface area contributed by atoms with Crippen molar-refractivity contribution < 1.29 is 14.0 Å². The van der Waals surface area contributed by atoms with Crippen LogP contribution >= 0.6 is 0 Å². The number of benzene rings is 1. The number of hydrogen-bond donors (Lipinski definition) is 3. The highest BCUT2D eigenvalue weighted by molar-refractivity contribution is 6.06. The second kappa shape index (κ2) is 6.89. The lowest BCUT2D eigenvalue weighted by molar-refractivity contribution is -0.132. The topological polar surface area (TPSA) is 139 Å². The maximum Gasteiger partial charge on any atom is 0.325 e. The number of nitrogens with two attached hydrogens (primary N) is 1. The number of urea groups is 1. The normalized spacial score (nSPS) is 18.8. The summed E-state index contributed by atoms with van der Waals surface area (Å²) in [6.07, 6.45) is 1.44. The summed E-state index contributed by atoms with van der Waals surface area (Å²) in [5.74, 6) is 0.260. The molecule has 10 nitrogen and oxygen atoms in total. The predicted molar refractivity (Wildman–Crippen MR) is 104 cm³/mol. The van der Waals surface area contributed by atoms with E-state index in [9.17, 15) is 9.59 Å². The Morgan fingerprint density at radius 1 is 1.17 bits per heavy atom. The molecule has 4 N–H and O–H groups in total. The van der Waals surface area contributed by atoms with Crippen molar-refractivity contribution in [2.45, 2.75) is 25.9 Å². The smallest absolute Gasteiger partial charge is 0.325 e. The minimum atomic E-state index is -1.29. The molecular weight excluding hydrogens is 374 g/mol. The van der Waals surface area contributed by atoms with E-state index in [0.29, 0.717) is 5.76 Å². The van der Waals surface area contributed by atoms with Gasteiger partial charge in [-0.25, -0.2) is 4.79 Å². The van der Waals surface area contributed by atoms with Crippen LogP contribution in [0.1, 0.15) is 24.1 Å². The number of aryl methyl sites for hydroxylation is 1. The van der Waals surface area contributed by atoms with E-state index in [1.54, 1.807) is 19.1 Å². The zero-order chi connectivity index (χ0) is 20.6. The van der Waals surface area contributed by atoms with Crippen molar-refractivity contribution in [1.82, 2.24) is 25.2 Å². The van der Waals surface area contributed by atoms with Gasteiger partial charge in [-0.15, -0.1) is 0 Å². The maximum absolute atomic E-state index is 12.9. The van der Waals surface area contributed by atoms with Crippen LogP contribution in [0.4, 0.5) is 22.4 Å². The molecule has 1 saturated heterocycles. The Bertz CT molecular complexity index is 1080. The van der Waals surface area contributed by atoms with Gasteiger partial charge in [0.05, 0.1) is 12.8 Å². The van der Waals surface area contributed by atoms with Crippen molar-refractivity contribution in [3.63, 3.8) is 0 Å². The number of imide groups is 1. The number of carbonyl (C=O) groups is 2.